The van der Waals surface area contributed by atoms with Gasteiger partial charge in [0.05, 0.1) is 12.6 Å². The average Bonchev–Trinajstić information content (AvgIpc) is 2.35. The van der Waals surface area contributed by atoms with Gasteiger partial charge in [-0.2, -0.15) is 0 Å². The number of rotatable bonds is 6. The van der Waals surface area contributed by atoms with Crippen molar-refractivity contribution in [1.82, 2.24) is 5.32 Å². The molecule has 0 aliphatic carbocycles. The highest BCUT2D eigenvalue weighted by molar-refractivity contribution is 5.19. The third-order valence-electron chi connectivity index (χ3n) is 3.35. The summed E-state index contributed by atoms with van der Waals surface area (Å²) < 4.78 is 0. The van der Waals surface area contributed by atoms with Crippen LogP contribution in [0.25, 0.3) is 0 Å². The highest BCUT2D eigenvalue weighted by atomic mass is 16.3. The molecule has 16 heavy (non-hydrogen) atoms. The molecule has 0 fully saturated rings. The summed E-state index contributed by atoms with van der Waals surface area (Å²) in [7, 11) is 0. The van der Waals surface area contributed by atoms with Crippen LogP contribution in [0.15, 0.2) is 30.3 Å². The first-order valence-electron chi connectivity index (χ1n) is 6.10. The highest BCUT2D eigenvalue weighted by Crippen LogP contribution is 2.15. The molecule has 0 radical (unpaired) electrons. The summed E-state index contributed by atoms with van der Waals surface area (Å²) >= 11 is 0. The molecular formula is C14H23NO. The zero-order valence-corrected chi connectivity index (χ0v) is 10.5. The van der Waals surface area contributed by atoms with Crippen molar-refractivity contribution in [3.05, 3.63) is 35.9 Å². The van der Waals surface area contributed by atoms with E-state index in [0.29, 0.717) is 12.0 Å². The van der Waals surface area contributed by atoms with E-state index in [4.69, 9.17) is 0 Å². The number of benzene rings is 1. The molecule has 0 amide bonds. The molecule has 0 bridgehead atoms. The van der Waals surface area contributed by atoms with Gasteiger partial charge >= 0.3 is 0 Å². The standard InChI is InChI=1S/C14H23NO/c1-4-11(2)12(3)15-14(10-16)13-8-6-5-7-9-13/h5-9,11-12,14-16H,4,10H2,1-3H3/t11?,12?,14-/m1/s1. The molecule has 0 saturated heterocycles. The van der Waals surface area contributed by atoms with Gasteiger partial charge in [-0.1, -0.05) is 50.6 Å². The molecule has 1 rings (SSSR count). The van der Waals surface area contributed by atoms with Gasteiger partial charge in [0.1, 0.15) is 0 Å². The number of aliphatic hydroxyl groups is 1. The maximum absolute atomic E-state index is 9.42. The van der Waals surface area contributed by atoms with Crippen LogP contribution in [0.4, 0.5) is 0 Å². The van der Waals surface area contributed by atoms with E-state index in [1.54, 1.807) is 0 Å². The molecule has 2 nitrogen and oxygen atoms in total. The van der Waals surface area contributed by atoms with Gasteiger partial charge in [0.15, 0.2) is 0 Å². The van der Waals surface area contributed by atoms with Crippen molar-refractivity contribution in [3.63, 3.8) is 0 Å². The maximum Gasteiger partial charge on any atom is 0.0626 e. The minimum Gasteiger partial charge on any atom is -0.394 e. The van der Waals surface area contributed by atoms with Crippen LogP contribution >= 0.6 is 0 Å². The summed E-state index contributed by atoms with van der Waals surface area (Å²) in [5, 5.41) is 12.9. The van der Waals surface area contributed by atoms with Crippen LogP contribution in [0.1, 0.15) is 38.8 Å². The third-order valence-corrected chi connectivity index (χ3v) is 3.35. The van der Waals surface area contributed by atoms with E-state index < -0.39 is 0 Å². The van der Waals surface area contributed by atoms with Crippen molar-refractivity contribution < 1.29 is 5.11 Å². The van der Waals surface area contributed by atoms with Gasteiger partial charge in [-0.15, -0.1) is 0 Å². The van der Waals surface area contributed by atoms with Gasteiger partial charge in [0.2, 0.25) is 0 Å². The second kappa shape index (κ2) is 6.66. The lowest BCUT2D eigenvalue weighted by Gasteiger charge is -2.26. The van der Waals surface area contributed by atoms with Crippen molar-refractivity contribution in [2.24, 2.45) is 5.92 Å². The Labute approximate surface area is 98.7 Å². The SMILES string of the molecule is CCC(C)C(C)N[C@H](CO)c1ccccc1. The Bertz CT molecular complexity index is 286. The summed E-state index contributed by atoms with van der Waals surface area (Å²) in [4.78, 5) is 0. The van der Waals surface area contributed by atoms with Crippen molar-refractivity contribution >= 4 is 0 Å². The molecule has 2 unspecified atom stereocenters. The smallest absolute Gasteiger partial charge is 0.0626 e. The van der Waals surface area contributed by atoms with E-state index in [-0.39, 0.29) is 12.6 Å². The number of hydrogen-bond donors (Lipinski definition) is 2. The fourth-order valence-electron chi connectivity index (χ4n) is 1.77. The van der Waals surface area contributed by atoms with Gasteiger partial charge in [0.25, 0.3) is 0 Å². The van der Waals surface area contributed by atoms with Gasteiger partial charge in [-0.05, 0) is 18.4 Å². The van der Waals surface area contributed by atoms with Crippen molar-refractivity contribution in [2.45, 2.75) is 39.3 Å². The summed E-state index contributed by atoms with van der Waals surface area (Å²) in [6.07, 6.45) is 1.15. The van der Waals surface area contributed by atoms with E-state index in [2.05, 4.69) is 38.2 Å². The van der Waals surface area contributed by atoms with E-state index in [1.165, 1.54) is 0 Å². The summed E-state index contributed by atoms with van der Waals surface area (Å²) in [6, 6.07) is 10.6. The lowest BCUT2D eigenvalue weighted by molar-refractivity contribution is 0.221. The lowest BCUT2D eigenvalue weighted by atomic mass is 9.98. The summed E-state index contributed by atoms with van der Waals surface area (Å²) in [6.45, 7) is 6.75. The van der Waals surface area contributed by atoms with E-state index >= 15 is 0 Å². The first-order chi connectivity index (χ1) is 7.69. The molecule has 90 valence electrons. The lowest BCUT2D eigenvalue weighted by Crippen LogP contribution is -2.36. The average molecular weight is 221 g/mol. The molecule has 2 N–H and O–H groups in total. The fraction of sp³-hybridized carbons (Fsp3) is 0.571. The van der Waals surface area contributed by atoms with Crippen LogP contribution in [0.2, 0.25) is 0 Å². The monoisotopic (exact) mass is 221 g/mol. The molecule has 2 heteroatoms. The minimum absolute atomic E-state index is 0.0465. The van der Waals surface area contributed by atoms with Crippen LogP contribution in [0, 0.1) is 5.92 Å². The molecule has 0 aromatic heterocycles. The van der Waals surface area contributed by atoms with Crippen molar-refractivity contribution in [3.8, 4) is 0 Å². The Kier molecular flexibility index (Phi) is 5.50. The summed E-state index contributed by atoms with van der Waals surface area (Å²) in [5.41, 5.74) is 1.15. The first-order valence-corrected chi connectivity index (χ1v) is 6.10. The van der Waals surface area contributed by atoms with Gasteiger partial charge in [0, 0.05) is 6.04 Å². The topological polar surface area (TPSA) is 32.3 Å². The quantitative estimate of drug-likeness (QED) is 0.774. The number of aliphatic hydroxyl groups excluding tert-OH is 1. The Hall–Kier alpha value is -0.860. The first kappa shape index (κ1) is 13.2. The predicted molar refractivity (Wildman–Crippen MR) is 68.3 cm³/mol. The molecule has 0 aliphatic rings. The van der Waals surface area contributed by atoms with E-state index in [9.17, 15) is 5.11 Å². The Balaban J connectivity index is 2.62. The van der Waals surface area contributed by atoms with Gasteiger partial charge in [-0.25, -0.2) is 0 Å². The Morgan fingerprint density at radius 2 is 1.81 bits per heavy atom. The molecule has 0 aliphatic heterocycles. The fourth-order valence-corrected chi connectivity index (χ4v) is 1.77. The van der Waals surface area contributed by atoms with Gasteiger partial charge in [-0.3, -0.25) is 0 Å². The minimum atomic E-state index is 0.0465. The van der Waals surface area contributed by atoms with Crippen molar-refractivity contribution in [2.75, 3.05) is 6.61 Å². The van der Waals surface area contributed by atoms with Crippen LogP contribution in [0.3, 0.4) is 0 Å². The van der Waals surface area contributed by atoms with Crippen LogP contribution in [-0.4, -0.2) is 17.8 Å². The predicted octanol–water partition coefficient (Wildman–Crippen LogP) is 2.74. The van der Waals surface area contributed by atoms with Crippen molar-refractivity contribution in [1.29, 1.82) is 0 Å². The number of hydrogen-bond acceptors (Lipinski definition) is 2. The molecule has 0 heterocycles. The van der Waals surface area contributed by atoms with Gasteiger partial charge < -0.3 is 10.4 Å². The van der Waals surface area contributed by atoms with Crippen LogP contribution < -0.4 is 5.32 Å². The Morgan fingerprint density at radius 1 is 1.19 bits per heavy atom. The highest BCUT2D eigenvalue weighted by Gasteiger charge is 2.16. The molecule has 1 aromatic rings. The second-order valence-electron chi connectivity index (χ2n) is 4.49. The largest absolute Gasteiger partial charge is 0.394 e. The van der Waals surface area contributed by atoms with E-state index in [0.717, 1.165) is 12.0 Å². The summed E-state index contributed by atoms with van der Waals surface area (Å²) in [5.74, 6) is 0.623. The Morgan fingerprint density at radius 3 is 2.31 bits per heavy atom. The normalized spacial score (nSPS) is 16.8. The molecule has 1 aromatic carbocycles. The maximum atomic E-state index is 9.42. The zero-order chi connectivity index (χ0) is 12.0. The van der Waals surface area contributed by atoms with Crippen LogP contribution in [0.5, 0.6) is 0 Å². The van der Waals surface area contributed by atoms with Crippen LogP contribution in [-0.2, 0) is 0 Å². The number of nitrogens with one attached hydrogen (secondary N) is 1. The molecule has 0 spiro atoms. The molecule has 3 atom stereocenters. The third kappa shape index (κ3) is 3.62. The molecule has 0 saturated carbocycles. The molecular weight excluding hydrogens is 198 g/mol. The second-order valence-corrected chi connectivity index (χ2v) is 4.49. The van der Waals surface area contributed by atoms with E-state index in [1.807, 2.05) is 18.2 Å². The zero-order valence-electron chi connectivity index (χ0n) is 10.5.